The van der Waals surface area contributed by atoms with E-state index in [4.69, 9.17) is 4.74 Å². The van der Waals surface area contributed by atoms with Gasteiger partial charge in [-0.05, 0) is 6.07 Å². The average molecular weight is 308 g/mol. The summed E-state index contributed by atoms with van der Waals surface area (Å²) >= 11 is 0. The fraction of sp³-hybridized carbons (Fsp3) is 0.286. The van der Waals surface area contributed by atoms with E-state index in [1.807, 2.05) is 0 Å². The van der Waals surface area contributed by atoms with E-state index in [2.05, 4.69) is 25.3 Å². The van der Waals surface area contributed by atoms with Crippen molar-refractivity contribution in [1.82, 2.24) is 9.97 Å². The maximum absolute atomic E-state index is 12.4. The van der Waals surface area contributed by atoms with Crippen molar-refractivity contribution in [3.63, 3.8) is 0 Å². The number of nitrogens with one attached hydrogen (secondary N) is 2. The number of rotatable bonds is 5. The minimum absolute atomic E-state index is 0.131. The number of nitrogens with zero attached hydrogens (tertiary/aromatic N) is 2. The number of halogens is 2. The van der Waals surface area contributed by atoms with Crippen molar-refractivity contribution in [1.29, 1.82) is 0 Å². The first-order chi connectivity index (χ1) is 10.7. The molecule has 0 saturated heterocycles. The van der Waals surface area contributed by atoms with Gasteiger partial charge >= 0.3 is 6.61 Å². The lowest BCUT2D eigenvalue weighted by Crippen LogP contribution is -2.20. The zero-order valence-corrected chi connectivity index (χ0v) is 11.6. The highest BCUT2D eigenvalue weighted by molar-refractivity contribution is 5.64. The lowest BCUT2D eigenvalue weighted by molar-refractivity contribution is -0.0504. The third kappa shape index (κ3) is 3.16. The first-order valence-corrected chi connectivity index (χ1v) is 6.72. The molecule has 6 nitrogen and oxygen atoms in total. The van der Waals surface area contributed by atoms with Gasteiger partial charge in [-0.3, -0.25) is 0 Å². The second-order valence-electron chi connectivity index (χ2n) is 4.52. The van der Waals surface area contributed by atoms with Gasteiger partial charge in [0.15, 0.2) is 11.6 Å². The highest BCUT2D eigenvalue weighted by Gasteiger charge is 2.17. The monoisotopic (exact) mass is 308 g/mol. The number of para-hydroxylation sites is 1. The Balaban J connectivity index is 1.76. The molecule has 0 bridgehead atoms. The Morgan fingerprint density at radius 2 is 2.18 bits per heavy atom. The van der Waals surface area contributed by atoms with Crippen LogP contribution in [0, 0.1) is 0 Å². The van der Waals surface area contributed by atoms with Gasteiger partial charge in [0.25, 0.3) is 0 Å². The first-order valence-electron chi connectivity index (χ1n) is 6.72. The molecular weight excluding hydrogens is 294 g/mol. The van der Waals surface area contributed by atoms with Gasteiger partial charge in [0, 0.05) is 12.1 Å². The number of fused-ring (bicyclic) bond motifs is 1. The van der Waals surface area contributed by atoms with E-state index in [0.29, 0.717) is 36.1 Å². The van der Waals surface area contributed by atoms with Crippen molar-refractivity contribution in [3.8, 4) is 11.5 Å². The molecule has 0 aliphatic carbocycles. The van der Waals surface area contributed by atoms with Crippen LogP contribution in [0.5, 0.6) is 11.5 Å². The summed E-state index contributed by atoms with van der Waals surface area (Å²) in [7, 11) is 0. The van der Waals surface area contributed by atoms with Crippen LogP contribution in [0.15, 0.2) is 30.6 Å². The Morgan fingerprint density at radius 1 is 1.32 bits per heavy atom. The van der Waals surface area contributed by atoms with Gasteiger partial charge in [0.05, 0.1) is 6.54 Å². The van der Waals surface area contributed by atoms with Crippen LogP contribution >= 0.6 is 0 Å². The van der Waals surface area contributed by atoms with Gasteiger partial charge < -0.3 is 20.1 Å². The van der Waals surface area contributed by atoms with E-state index in [1.54, 1.807) is 18.2 Å². The Bertz CT molecular complexity index is 654. The van der Waals surface area contributed by atoms with Crippen LogP contribution in [0.3, 0.4) is 0 Å². The highest BCUT2D eigenvalue weighted by atomic mass is 19.3. The summed E-state index contributed by atoms with van der Waals surface area (Å²) in [5.41, 5.74) is 0.596. The Labute approximate surface area is 125 Å². The molecule has 8 heteroatoms. The molecule has 0 saturated carbocycles. The lowest BCUT2D eigenvalue weighted by atomic mass is 10.2. The van der Waals surface area contributed by atoms with Gasteiger partial charge in [-0.15, -0.1) is 0 Å². The van der Waals surface area contributed by atoms with Crippen molar-refractivity contribution in [2.24, 2.45) is 0 Å². The predicted molar refractivity (Wildman–Crippen MR) is 76.4 cm³/mol. The third-order valence-electron chi connectivity index (χ3n) is 3.08. The molecule has 0 atom stereocenters. The molecule has 0 radical (unpaired) electrons. The van der Waals surface area contributed by atoms with Gasteiger partial charge in [-0.2, -0.15) is 8.78 Å². The zero-order valence-electron chi connectivity index (χ0n) is 11.6. The van der Waals surface area contributed by atoms with Crippen LogP contribution in [0.1, 0.15) is 5.56 Å². The van der Waals surface area contributed by atoms with Gasteiger partial charge in [-0.1, -0.05) is 18.2 Å². The maximum atomic E-state index is 12.4. The molecule has 1 aromatic heterocycles. The van der Waals surface area contributed by atoms with Crippen molar-refractivity contribution < 1.29 is 18.3 Å². The van der Waals surface area contributed by atoms with E-state index >= 15 is 0 Å². The zero-order chi connectivity index (χ0) is 15.4. The quantitative estimate of drug-likeness (QED) is 0.884. The van der Waals surface area contributed by atoms with Crippen molar-refractivity contribution in [2.45, 2.75) is 13.2 Å². The summed E-state index contributed by atoms with van der Waals surface area (Å²) in [6, 6.07) is 6.60. The Kier molecular flexibility index (Phi) is 4.17. The summed E-state index contributed by atoms with van der Waals surface area (Å²) in [5.74, 6) is 1.78. The SMILES string of the molecule is FC(F)Oc1ccccc1CNc1ncnc2c1OCCN2. The normalized spacial score (nSPS) is 13.0. The highest BCUT2D eigenvalue weighted by Crippen LogP contribution is 2.32. The number of hydrogen-bond acceptors (Lipinski definition) is 6. The van der Waals surface area contributed by atoms with Gasteiger partial charge in [-0.25, -0.2) is 9.97 Å². The summed E-state index contributed by atoms with van der Waals surface area (Å²) in [6.45, 7) is -1.40. The molecule has 1 aromatic carbocycles. The van der Waals surface area contributed by atoms with Crippen LogP contribution in [-0.2, 0) is 6.54 Å². The van der Waals surface area contributed by atoms with Gasteiger partial charge in [0.2, 0.25) is 5.75 Å². The number of alkyl halides is 2. The smallest absolute Gasteiger partial charge is 0.387 e. The minimum atomic E-state index is -2.86. The lowest BCUT2D eigenvalue weighted by Gasteiger charge is -2.20. The largest absolute Gasteiger partial charge is 0.485 e. The Morgan fingerprint density at radius 3 is 3.05 bits per heavy atom. The molecule has 3 rings (SSSR count). The van der Waals surface area contributed by atoms with Crippen LogP contribution < -0.4 is 20.1 Å². The van der Waals surface area contributed by atoms with Crippen molar-refractivity contribution >= 4 is 11.6 Å². The molecular formula is C14H14F2N4O2. The summed E-state index contributed by atoms with van der Waals surface area (Å²) in [5, 5.41) is 6.16. The number of ether oxygens (including phenoxy) is 2. The summed E-state index contributed by atoms with van der Waals surface area (Å²) in [4.78, 5) is 8.20. The van der Waals surface area contributed by atoms with E-state index < -0.39 is 6.61 Å². The van der Waals surface area contributed by atoms with E-state index in [0.717, 1.165) is 0 Å². The number of anilines is 2. The molecule has 2 aromatic rings. The molecule has 1 aliphatic rings. The second kappa shape index (κ2) is 6.42. The standard InChI is InChI=1S/C14H14F2N4O2/c15-14(16)22-10-4-2-1-3-9(10)7-18-13-11-12(19-8-20-13)17-5-6-21-11/h1-4,8,14H,5-7H2,(H2,17,18,19,20). The van der Waals surface area contributed by atoms with Crippen LogP contribution in [0.4, 0.5) is 20.4 Å². The predicted octanol–water partition coefficient (Wildman–Crippen LogP) is 2.49. The molecule has 0 fully saturated rings. The van der Waals surface area contributed by atoms with Crippen LogP contribution in [-0.4, -0.2) is 29.7 Å². The molecule has 0 amide bonds. The van der Waals surface area contributed by atoms with E-state index in [1.165, 1.54) is 12.4 Å². The maximum Gasteiger partial charge on any atom is 0.387 e. The molecule has 2 N–H and O–H groups in total. The molecule has 22 heavy (non-hydrogen) atoms. The molecule has 0 spiro atoms. The fourth-order valence-corrected chi connectivity index (χ4v) is 2.12. The second-order valence-corrected chi connectivity index (χ2v) is 4.52. The summed E-state index contributed by atoms with van der Waals surface area (Å²) in [6.07, 6.45) is 1.41. The third-order valence-corrected chi connectivity index (χ3v) is 3.08. The molecule has 1 aliphatic heterocycles. The van der Waals surface area contributed by atoms with Crippen molar-refractivity contribution in [2.75, 3.05) is 23.8 Å². The first kappa shape index (κ1) is 14.3. The minimum Gasteiger partial charge on any atom is -0.485 e. The number of aromatic nitrogens is 2. The average Bonchev–Trinajstić information content (AvgIpc) is 2.53. The van der Waals surface area contributed by atoms with Crippen LogP contribution in [0.25, 0.3) is 0 Å². The Hall–Kier alpha value is -2.64. The number of hydrogen-bond donors (Lipinski definition) is 2. The van der Waals surface area contributed by atoms with E-state index in [9.17, 15) is 8.78 Å². The van der Waals surface area contributed by atoms with Crippen LogP contribution in [0.2, 0.25) is 0 Å². The van der Waals surface area contributed by atoms with Crippen molar-refractivity contribution in [3.05, 3.63) is 36.2 Å². The summed E-state index contributed by atoms with van der Waals surface area (Å²) < 4.78 is 34.8. The topological polar surface area (TPSA) is 68.3 Å². The molecule has 0 unspecified atom stereocenters. The molecule has 116 valence electrons. The fourth-order valence-electron chi connectivity index (χ4n) is 2.12. The van der Waals surface area contributed by atoms with Gasteiger partial charge in [0.1, 0.15) is 18.7 Å². The number of benzene rings is 1. The van der Waals surface area contributed by atoms with E-state index in [-0.39, 0.29) is 12.3 Å². The molecule has 2 heterocycles.